The average Bonchev–Trinajstić information content (AvgIpc) is 3.39. The molecule has 0 amide bonds. The molecule has 1 N–H and O–H groups in total. The van der Waals surface area contributed by atoms with Crippen LogP contribution in [0.2, 0.25) is 0 Å². The first-order valence-corrected chi connectivity index (χ1v) is 8.36. The van der Waals surface area contributed by atoms with Gasteiger partial charge in [0.15, 0.2) is 6.10 Å². The Morgan fingerprint density at radius 2 is 1.52 bits per heavy atom. The molecule has 0 saturated carbocycles. The fourth-order valence-electron chi connectivity index (χ4n) is 2.44. The van der Waals surface area contributed by atoms with Crippen molar-refractivity contribution >= 4 is 11.9 Å². The Morgan fingerprint density at radius 1 is 1.04 bits per heavy atom. The molecule has 2 heterocycles. The van der Waals surface area contributed by atoms with Crippen LogP contribution in [-0.4, -0.2) is 60.8 Å². The highest BCUT2D eigenvalue weighted by Crippen LogP contribution is 2.23. The Labute approximate surface area is 136 Å². The number of carbonyl (C=O) groups is 2. The second kappa shape index (κ2) is 8.61. The fraction of sp³-hybridized carbons (Fsp3) is 0.875. The summed E-state index contributed by atoms with van der Waals surface area (Å²) in [5, 5.41) is 9.86. The molecule has 0 aromatic carbocycles. The monoisotopic (exact) mass is 330 g/mol. The smallest absolute Gasteiger partial charge is 0.335 e. The summed E-state index contributed by atoms with van der Waals surface area (Å²) >= 11 is 0. The van der Waals surface area contributed by atoms with Gasteiger partial charge in [-0.25, -0.2) is 4.79 Å². The molecule has 23 heavy (non-hydrogen) atoms. The van der Waals surface area contributed by atoms with Crippen LogP contribution in [0.15, 0.2) is 0 Å². The number of hydrogen-bond donors (Lipinski definition) is 1. The summed E-state index contributed by atoms with van der Waals surface area (Å²) in [6.07, 6.45) is 0.370. The van der Waals surface area contributed by atoms with Crippen LogP contribution < -0.4 is 0 Å². The van der Waals surface area contributed by atoms with Gasteiger partial charge in [0.25, 0.3) is 0 Å². The van der Waals surface area contributed by atoms with E-state index in [-0.39, 0.29) is 24.4 Å². The van der Waals surface area contributed by atoms with Crippen LogP contribution in [0.3, 0.4) is 0 Å². The van der Waals surface area contributed by atoms with Gasteiger partial charge in [-0.05, 0) is 12.8 Å². The van der Waals surface area contributed by atoms with Gasteiger partial charge in [-0.3, -0.25) is 4.79 Å². The lowest BCUT2D eigenvalue weighted by Gasteiger charge is -2.19. The van der Waals surface area contributed by atoms with Crippen molar-refractivity contribution in [1.82, 2.24) is 0 Å². The van der Waals surface area contributed by atoms with Crippen LogP contribution in [-0.2, 0) is 28.5 Å². The molecule has 0 radical (unpaired) electrons. The molecule has 0 spiro atoms. The van der Waals surface area contributed by atoms with E-state index in [2.05, 4.69) is 0 Å². The number of ether oxygens (including phenoxy) is 4. The normalized spacial score (nSPS) is 26.0. The fourth-order valence-corrected chi connectivity index (χ4v) is 2.44. The Hall–Kier alpha value is -1.18. The number of hydrogen-bond acceptors (Lipinski definition) is 7. The summed E-state index contributed by atoms with van der Waals surface area (Å²) in [4.78, 5) is 23.8. The largest absolute Gasteiger partial charge is 0.459 e. The molecule has 0 aromatic rings. The maximum Gasteiger partial charge on any atom is 0.335 e. The Bertz CT molecular complexity index is 403. The molecule has 2 saturated heterocycles. The van der Waals surface area contributed by atoms with E-state index in [4.69, 9.17) is 18.9 Å². The minimum absolute atomic E-state index is 0.0519. The maximum absolute atomic E-state index is 11.9. The molecular weight excluding hydrogens is 304 g/mol. The lowest BCUT2D eigenvalue weighted by atomic mass is 10.1. The minimum atomic E-state index is -1.51. The molecule has 2 aliphatic heterocycles. The number of esters is 2. The highest BCUT2D eigenvalue weighted by molar-refractivity contribution is 5.81. The van der Waals surface area contributed by atoms with Crippen molar-refractivity contribution in [2.24, 2.45) is 0 Å². The summed E-state index contributed by atoms with van der Waals surface area (Å²) in [7, 11) is 0. The van der Waals surface area contributed by atoms with Gasteiger partial charge >= 0.3 is 11.9 Å². The zero-order valence-corrected chi connectivity index (χ0v) is 13.7. The van der Waals surface area contributed by atoms with Gasteiger partial charge in [0.2, 0.25) is 0 Å². The molecule has 5 unspecified atom stereocenters. The van der Waals surface area contributed by atoms with Crippen LogP contribution in [0, 0.1) is 0 Å². The molecule has 0 aromatic heterocycles. The zero-order valence-electron chi connectivity index (χ0n) is 13.7. The standard InChI is InChI=1S/C16H26O7/c1-3-5-11(13-8-20-13)22-15(18)7-10(17)16(19)23-12(6-4-2)14-9-21-14/h10-14,17H,3-9H2,1-2H3. The number of aliphatic hydroxyl groups is 1. The predicted octanol–water partition coefficient (Wildman–Crippen LogP) is 0.959. The Morgan fingerprint density at radius 3 is 1.96 bits per heavy atom. The third-order valence-electron chi connectivity index (χ3n) is 3.88. The van der Waals surface area contributed by atoms with Crippen LogP contribution in [0.4, 0.5) is 0 Å². The zero-order chi connectivity index (χ0) is 16.8. The topological polar surface area (TPSA) is 97.9 Å². The SMILES string of the molecule is CCCC(OC(=O)CC(O)C(=O)OC(CCC)C1CO1)C1CO1. The van der Waals surface area contributed by atoms with E-state index in [9.17, 15) is 14.7 Å². The van der Waals surface area contributed by atoms with E-state index in [1.165, 1.54) is 0 Å². The summed E-state index contributed by atoms with van der Waals surface area (Å²) in [6.45, 7) is 5.12. The molecule has 7 nitrogen and oxygen atoms in total. The second-order valence-electron chi connectivity index (χ2n) is 6.04. The first-order valence-electron chi connectivity index (χ1n) is 8.36. The summed E-state index contributed by atoms with van der Waals surface area (Å²) < 4.78 is 20.8. The van der Waals surface area contributed by atoms with Crippen LogP contribution >= 0.6 is 0 Å². The van der Waals surface area contributed by atoms with Gasteiger partial charge in [0.1, 0.15) is 24.4 Å². The van der Waals surface area contributed by atoms with Crippen molar-refractivity contribution in [2.45, 2.75) is 76.5 Å². The molecular formula is C16H26O7. The highest BCUT2D eigenvalue weighted by Gasteiger charge is 2.38. The lowest BCUT2D eigenvalue weighted by Crippen LogP contribution is -2.34. The average molecular weight is 330 g/mol. The van der Waals surface area contributed by atoms with Gasteiger partial charge in [-0.1, -0.05) is 26.7 Å². The van der Waals surface area contributed by atoms with E-state index in [0.717, 1.165) is 12.8 Å². The summed E-state index contributed by atoms with van der Waals surface area (Å²) in [5.74, 6) is -1.41. The van der Waals surface area contributed by atoms with Crippen molar-refractivity contribution in [2.75, 3.05) is 13.2 Å². The second-order valence-corrected chi connectivity index (χ2v) is 6.04. The summed E-state index contributed by atoms with van der Waals surface area (Å²) in [5.41, 5.74) is 0. The van der Waals surface area contributed by atoms with Crippen LogP contribution in [0.5, 0.6) is 0 Å². The molecule has 2 rings (SSSR count). The van der Waals surface area contributed by atoms with Gasteiger partial charge in [0.05, 0.1) is 19.6 Å². The Kier molecular flexibility index (Phi) is 6.80. The number of carbonyl (C=O) groups excluding carboxylic acids is 2. The first kappa shape index (κ1) is 18.2. The quantitative estimate of drug-likeness (QED) is 0.445. The minimum Gasteiger partial charge on any atom is -0.459 e. The molecule has 2 fully saturated rings. The number of aliphatic hydroxyl groups excluding tert-OH is 1. The lowest BCUT2D eigenvalue weighted by molar-refractivity contribution is -0.167. The number of rotatable bonds is 11. The third-order valence-corrected chi connectivity index (χ3v) is 3.88. The van der Waals surface area contributed by atoms with Crippen molar-refractivity contribution in [3.8, 4) is 0 Å². The number of epoxide rings is 2. The van der Waals surface area contributed by atoms with Gasteiger partial charge in [-0.15, -0.1) is 0 Å². The predicted molar refractivity (Wildman–Crippen MR) is 79.7 cm³/mol. The molecule has 132 valence electrons. The molecule has 2 aliphatic rings. The molecule has 0 bridgehead atoms. The van der Waals surface area contributed by atoms with Crippen molar-refractivity contribution in [1.29, 1.82) is 0 Å². The summed E-state index contributed by atoms with van der Waals surface area (Å²) in [6, 6.07) is 0. The van der Waals surface area contributed by atoms with Gasteiger partial charge < -0.3 is 24.1 Å². The van der Waals surface area contributed by atoms with Gasteiger partial charge in [0, 0.05) is 0 Å². The molecule has 0 aliphatic carbocycles. The Balaban J connectivity index is 1.74. The van der Waals surface area contributed by atoms with Crippen molar-refractivity contribution in [3.63, 3.8) is 0 Å². The van der Waals surface area contributed by atoms with E-state index in [0.29, 0.717) is 26.1 Å². The van der Waals surface area contributed by atoms with E-state index < -0.39 is 24.5 Å². The highest BCUT2D eigenvalue weighted by atomic mass is 16.6. The van der Waals surface area contributed by atoms with Crippen LogP contribution in [0.25, 0.3) is 0 Å². The van der Waals surface area contributed by atoms with E-state index >= 15 is 0 Å². The van der Waals surface area contributed by atoms with E-state index in [1.54, 1.807) is 0 Å². The van der Waals surface area contributed by atoms with Crippen molar-refractivity contribution in [3.05, 3.63) is 0 Å². The van der Waals surface area contributed by atoms with E-state index in [1.807, 2.05) is 13.8 Å². The maximum atomic E-state index is 11.9. The van der Waals surface area contributed by atoms with Crippen molar-refractivity contribution < 1.29 is 33.6 Å². The molecule has 5 atom stereocenters. The first-order chi connectivity index (χ1) is 11.0. The van der Waals surface area contributed by atoms with Crippen LogP contribution in [0.1, 0.15) is 46.0 Å². The third kappa shape index (κ3) is 6.08. The molecule has 7 heteroatoms. The van der Waals surface area contributed by atoms with Gasteiger partial charge in [-0.2, -0.15) is 0 Å².